The quantitative estimate of drug-likeness (QED) is 0.195. The first kappa shape index (κ1) is 20.9. The van der Waals surface area contributed by atoms with Gasteiger partial charge in [-0.25, -0.2) is 0 Å². The van der Waals surface area contributed by atoms with E-state index in [1.807, 2.05) is 17.5 Å². The van der Waals surface area contributed by atoms with E-state index in [1.165, 1.54) is 85.4 Å². The topological polar surface area (TPSA) is 17.8 Å². The monoisotopic (exact) mass is 524 g/mol. The van der Waals surface area contributed by atoms with E-state index in [-0.39, 0.29) is 0 Å². The van der Waals surface area contributed by atoms with Crippen LogP contribution in [0.15, 0.2) is 121 Å². The van der Waals surface area contributed by atoms with Gasteiger partial charge in [0.05, 0.1) is 26.9 Å². The highest BCUT2D eigenvalue weighted by Crippen LogP contribution is 2.48. The minimum absolute atomic E-state index is 1.09. The van der Waals surface area contributed by atoms with Gasteiger partial charge in [-0.2, -0.15) is 0 Å². The van der Waals surface area contributed by atoms with Crippen LogP contribution in [0.3, 0.4) is 0 Å². The van der Waals surface area contributed by atoms with Crippen LogP contribution < -0.4 is 0 Å². The van der Waals surface area contributed by atoms with E-state index in [0.29, 0.717) is 0 Å². The Kier molecular flexibility index (Phi) is 3.84. The Labute approximate surface area is 232 Å². The van der Waals surface area contributed by atoms with Crippen LogP contribution in [0.25, 0.3) is 90.9 Å². The van der Waals surface area contributed by atoms with Crippen molar-refractivity contribution < 1.29 is 0 Å². The molecule has 0 saturated carbocycles. The number of thiophene rings is 1. The second kappa shape index (κ2) is 7.35. The third kappa shape index (κ3) is 2.47. The summed E-state index contributed by atoms with van der Waals surface area (Å²) >= 11 is 1.85. The van der Waals surface area contributed by atoms with Gasteiger partial charge in [-0.1, -0.05) is 91.0 Å². The smallest absolute Gasteiger partial charge is 0.0888 e. The van der Waals surface area contributed by atoms with Gasteiger partial charge in [0.2, 0.25) is 0 Å². The van der Waals surface area contributed by atoms with Gasteiger partial charge in [0.15, 0.2) is 0 Å². The van der Waals surface area contributed by atoms with Crippen molar-refractivity contribution in [1.29, 1.82) is 0 Å². The zero-order valence-electron chi connectivity index (χ0n) is 21.3. The van der Waals surface area contributed by atoms with Gasteiger partial charge in [0, 0.05) is 43.2 Å². The molecule has 0 aliphatic heterocycles. The standard InChI is InChI=1S/C37H20N2S/c1-3-12-28-24(9-1)33-27-11-6-20-38-35(27)37-34(26-10-2-4-13-30(26)40-37)36(33)39(28)29-19-17-23-15-14-21-7-5-8-22-16-18-25(29)32(23)31(21)22/h1-20H. The molecule has 0 aliphatic carbocycles. The molecule has 3 heterocycles. The number of hydrogen-bond donors (Lipinski definition) is 0. The summed E-state index contributed by atoms with van der Waals surface area (Å²) in [6.45, 7) is 0. The molecule has 184 valence electrons. The van der Waals surface area contributed by atoms with Crippen LogP contribution in [0.4, 0.5) is 0 Å². The first-order valence-corrected chi connectivity index (χ1v) is 14.5. The predicted octanol–water partition coefficient (Wildman–Crippen LogP) is 10.6. The second-order valence-corrected chi connectivity index (χ2v) is 11.8. The molecule has 10 rings (SSSR count). The summed E-state index contributed by atoms with van der Waals surface area (Å²) in [4.78, 5) is 4.95. The van der Waals surface area contributed by atoms with Crippen LogP contribution in [0, 0.1) is 0 Å². The summed E-state index contributed by atoms with van der Waals surface area (Å²) in [5, 5.41) is 14.2. The minimum Gasteiger partial charge on any atom is -0.308 e. The Bertz CT molecular complexity index is 2640. The van der Waals surface area contributed by atoms with Gasteiger partial charge in [-0.15, -0.1) is 11.3 Å². The Morgan fingerprint density at radius 1 is 0.500 bits per heavy atom. The van der Waals surface area contributed by atoms with Crippen LogP contribution in [0.5, 0.6) is 0 Å². The molecule has 0 aliphatic rings. The van der Waals surface area contributed by atoms with Crippen molar-refractivity contribution in [3.05, 3.63) is 121 Å². The van der Waals surface area contributed by atoms with E-state index in [1.54, 1.807) is 0 Å². The zero-order chi connectivity index (χ0) is 25.9. The van der Waals surface area contributed by atoms with Crippen molar-refractivity contribution in [1.82, 2.24) is 9.55 Å². The van der Waals surface area contributed by atoms with Gasteiger partial charge in [0.25, 0.3) is 0 Å². The molecule has 0 N–H and O–H groups in total. The Morgan fingerprint density at radius 3 is 2.12 bits per heavy atom. The van der Waals surface area contributed by atoms with Crippen LogP contribution in [-0.2, 0) is 0 Å². The van der Waals surface area contributed by atoms with E-state index < -0.39 is 0 Å². The molecule has 0 radical (unpaired) electrons. The third-order valence-electron chi connectivity index (χ3n) is 8.75. The highest BCUT2D eigenvalue weighted by Gasteiger charge is 2.23. The third-order valence-corrected chi connectivity index (χ3v) is 9.92. The molecular formula is C37H20N2S. The molecule has 2 nitrogen and oxygen atoms in total. The van der Waals surface area contributed by atoms with Gasteiger partial charge in [0.1, 0.15) is 0 Å². The lowest BCUT2D eigenvalue weighted by Crippen LogP contribution is -1.97. The molecule has 0 amide bonds. The first-order valence-electron chi connectivity index (χ1n) is 13.6. The number of pyridine rings is 1. The lowest BCUT2D eigenvalue weighted by atomic mass is 9.93. The average molecular weight is 525 g/mol. The van der Waals surface area contributed by atoms with E-state index >= 15 is 0 Å². The molecule has 0 spiro atoms. The van der Waals surface area contributed by atoms with Gasteiger partial charge in [-0.05, 0) is 51.2 Å². The highest BCUT2D eigenvalue weighted by atomic mass is 32.1. The Morgan fingerprint density at radius 2 is 1.23 bits per heavy atom. The molecule has 0 atom stereocenters. The summed E-state index contributed by atoms with van der Waals surface area (Å²) in [5.41, 5.74) is 4.80. The number of benzene rings is 7. The molecule has 40 heavy (non-hydrogen) atoms. The number of fused-ring (bicyclic) bond motifs is 10. The molecule has 0 saturated heterocycles. The molecule has 0 bridgehead atoms. The number of nitrogens with zero attached hydrogens (tertiary/aromatic N) is 2. The highest BCUT2D eigenvalue weighted by molar-refractivity contribution is 7.26. The fourth-order valence-corrected chi connectivity index (χ4v) is 8.36. The minimum atomic E-state index is 1.09. The largest absolute Gasteiger partial charge is 0.308 e. The lowest BCUT2D eigenvalue weighted by Gasteiger charge is -2.16. The Balaban J connectivity index is 1.52. The van der Waals surface area contributed by atoms with Gasteiger partial charge in [-0.3, -0.25) is 4.98 Å². The van der Waals surface area contributed by atoms with Crippen LogP contribution in [0.1, 0.15) is 0 Å². The normalized spacial score (nSPS) is 12.5. The summed E-state index contributed by atoms with van der Waals surface area (Å²) in [7, 11) is 0. The van der Waals surface area contributed by atoms with Gasteiger partial charge < -0.3 is 4.57 Å². The fourth-order valence-electron chi connectivity index (χ4n) is 7.15. The van der Waals surface area contributed by atoms with E-state index in [0.717, 1.165) is 5.52 Å². The number of aromatic nitrogens is 2. The van der Waals surface area contributed by atoms with Crippen molar-refractivity contribution in [3.63, 3.8) is 0 Å². The molecule has 0 unspecified atom stereocenters. The fraction of sp³-hybridized carbons (Fsp3) is 0. The number of hydrogen-bond acceptors (Lipinski definition) is 2. The maximum absolute atomic E-state index is 4.95. The van der Waals surface area contributed by atoms with E-state index in [4.69, 9.17) is 4.98 Å². The van der Waals surface area contributed by atoms with Crippen LogP contribution in [0.2, 0.25) is 0 Å². The first-order chi connectivity index (χ1) is 19.9. The van der Waals surface area contributed by atoms with Gasteiger partial charge >= 0.3 is 0 Å². The van der Waals surface area contributed by atoms with Crippen LogP contribution >= 0.6 is 11.3 Å². The molecule has 7 aromatic carbocycles. The maximum atomic E-state index is 4.95. The molecule has 0 fully saturated rings. The SMILES string of the molecule is c1cc2ccc3ccc(-n4c5ccccc5c5c6cccnc6c6sc7ccccc7c6c54)c4ccc(c1)c2c34. The number of para-hydroxylation sites is 1. The molecule has 3 aromatic heterocycles. The summed E-state index contributed by atoms with van der Waals surface area (Å²) in [6.07, 6.45) is 1.93. The predicted molar refractivity (Wildman–Crippen MR) is 173 cm³/mol. The van der Waals surface area contributed by atoms with Crippen molar-refractivity contribution in [3.8, 4) is 5.69 Å². The lowest BCUT2D eigenvalue weighted by molar-refractivity contribution is 1.21. The zero-order valence-corrected chi connectivity index (χ0v) is 22.2. The van der Waals surface area contributed by atoms with E-state index in [2.05, 4.69) is 120 Å². The molecule has 3 heteroatoms. The molecular weight excluding hydrogens is 504 g/mol. The molecule has 10 aromatic rings. The summed E-state index contributed by atoms with van der Waals surface area (Å²) < 4.78 is 5.08. The van der Waals surface area contributed by atoms with Crippen molar-refractivity contribution >= 4 is 96.5 Å². The summed E-state index contributed by atoms with van der Waals surface area (Å²) in [5.74, 6) is 0. The van der Waals surface area contributed by atoms with Crippen LogP contribution in [-0.4, -0.2) is 9.55 Å². The summed E-state index contributed by atoms with van der Waals surface area (Å²) in [6, 6.07) is 42.4. The Hall–Kier alpha value is -4.99. The number of rotatable bonds is 1. The average Bonchev–Trinajstić information content (AvgIpc) is 3.57. The van der Waals surface area contributed by atoms with E-state index in [9.17, 15) is 0 Å². The van der Waals surface area contributed by atoms with Crippen molar-refractivity contribution in [2.45, 2.75) is 0 Å². The van der Waals surface area contributed by atoms with Crippen molar-refractivity contribution in [2.75, 3.05) is 0 Å². The van der Waals surface area contributed by atoms with Crippen molar-refractivity contribution in [2.24, 2.45) is 0 Å². The second-order valence-electron chi connectivity index (χ2n) is 10.7. The maximum Gasteiger partial charge on any atom is 0.0888 e.